The number of carbonyl (C=O) groups is 5. The predicted octanol–water partition coefficient (Wildman–Crippen LogP) is 2.42. The number of nitrogens with zero attached hydrogens (tertiary/aromatic N) is 5. The molecule has 0 aromatic carbocycles. The summed E-state index contributed by atoms with van der Waals surface area (Å²) < 4.78 is 0. The molecule has 0 spiro atoms. The molecule has 5 amide bonds. The first kappa shape index (κ1) is 32.3. The molecule has 4 rings (SSSR count). The van der Waals surface area contributed by atoms with Gasteiger partial charge < -0.3 is 49.8 Å². The summed E-state index contributed by atoms with van der Waals surface area (Å²) in [5.41, 5.74) is 2.96. The fourth-order valence-corrected chi connectivity index (χ4v) is 4.59. The Morgan fingerprint density at radius 2 is 1.00 bits per heavy atom. The molecule has 15 heteroatoms. The third-order valence-electron chi connectivity index (χ3n) is 7.35. The van der Waals surface area contributed by atoms with Crippen molar-refractivity contribution < 1.29 is 24.0 Å². The molecule has 0 aliphatic carbocycles. The molecule has 0 radical (unpaired) electrons. The minimum absolute atomic E-state index is 0.170. The summed E-state index contributed by atoms with van der Waals surface area (Å²) in [5.74, 6) is -1.30. The highest BCUT2D eigenvalue weighted by atomic mass is 16.2. The topological polar surface area (TPSA) is 177 Å². The zero-order valence-corrected chi connectivity index (χ0v) is 26.1. The Morgan fingerprint density at radius 3 is 1.42 bits per heavy atom. The molecule has 5 N–H and O–H groups in total. The van der Waals surface area contributed by atoms with Gasteiger partial charge in [-0.25, -0.2) is 0 Å². The van der Waals surface area contributed by atoms with Gasteiger partial charge in [0.2, 0.25) is 6.41 Å². The van der Waals surface area contributed by atoms with Crippen LogP contribution in [-0.4, -0.2) is 115 Å². The highest BCUT2D eigenvalue weighted by Gasteiger charge is 2.23. The summed E-state index contributed by atoms with van der Waals surface area (Å²) in [6, 6.07) is 6.23. The van der Waals surface area contributed by atoms with Gasteiger partial charge in [0.05, 0.1) is 22.7 Å². The zero-order chi connectivity index (χ0) is 32.8. The molecule has 4 aromatic heterocycles. The Labute approximate surface area is 260 Å². The van der Waals surface area contributed by atoms with Gasteiger partial charge in [-0.2, -0.15) is 0 Å². The van der Waals surface area contributed by atoms with Gasteiger partial charge in [0.25, 0.3) is 23.6 Å². The van der Waals surface area contributed by atoms with Gasteiger partial charge in [-0.3, -0.25) is 24.0 Å². The molecule has 0 bridgehead atoms. The first-order chi connectivity index (χ1) is 21.4. The molecule has 0 unspecified atom stereocenters. The first-order valence-corrected chi connectivity index (χ1v) is 14.1. The summed E-state index contributed by atoms with van der Waals surface area (Å²) in [6.07, 6.45) is 7.52. The Kier molecular flexibility index (Phi) is 9.93. The Bertz CT molecular complexity index is 1680. The number of carbonyl (C=O) groups excluding carboxylic acids is 5. The van der Waals surface area contributed by atoms with Crippen molar-refractivity contribution in [1.29, 1.82) is 0 Å². The van der Waals surface area contributed by atoms with E-state index in [0.717, 1.165) is 13.0 Å². The fraction of sp³-hybridized carbons (Fsp3) is 0.300. The number of H-pyrrole nitrogens is 4. The van der Waals surface area contributed by atoms with E-state index in [0.29, 0.717) is 41.4 Å². The maximum Gasteiger partial charge on any atom is 0.274 e. The average molecular weight is 619 g/mol. The minimum atomic E-state index is -0.394. The van der Waals surface area contributed by atoms with Crippen molar-refractivity contribution in [1.82, 2.24) is 29.7 Å². The van der Waals surface area contributed by atoms with Crippen LogP contribution in [0, 0.1) is 0 Å². The van der Waals surface area contributed by atoms with Crippen molar-refractivity contribution in [2.45, 2.75) is 6.42 Å². The van der Waals surface area contributed by atoms with E-state index in [1.807, 2.05) is 14.1 Å². The molecule has 45 heavy (non-hydrogen) atoms. The van der Waals surface area contributed by atoms with Crippen LogP contribution in [0.1, 0.15) is 48.4 Å². The number of aromatic amines is 4. The molecule has 0 aliphatic rings. The largest absolute Gasteiger partial charge is 0.355 e. The number of aromatic nitrogens is 4. The third-order valence-corrected chi connectivity index (χ3v) is 7.35. The van der Waals surface area contributed by atoms with Crippen LogP contribution in [0.15, 0.2) is 49.1 Å². The van der Waals surface area contributed by atoms with Gasteiger partial charge in [-0.05, 0) is 51.3 Å². The number of amides is 5. The molecular formula is C30H38N10O5. The van der Waals surface area contributed by atoms with E-state index in [1.165, 1.54) is 33.2 Å². The normalized spacial score (nSPS) is 10.9. The lowest BCUT2D eigenvalue weighted by molar-refractivity contribution is -0.105. The Morgan fingerprint density at radius 1 is 0.600 bits per heavy atom. The van der Waals surface area contributed by atoms with Crippen molar-refractivity contribution in [3.63, 3.8) is 0 Å². The lowest BCUT2D eigenvalue weighted by atomic mass is 10.3. The summed E-state index contributed by atoms with van der Waals surface area (Å²) in [4.78, 5) is 82.2. The number of anilines is 4. The number of hydrogen-bond donors (Lipinski definition) is 5. The second-order valence-corrected chi connectivity index (χ2v) is 10.9. The molecule has 238 valence electrons. The highest BCUT2D eigenvalue weighted by Crippen LogP contribution is 2.23. The second kappa shape index (κ2) is 13.8. The van der Waals surface area contributed by atoms with Crippen LogP contribution in [0.5, 0.6) is 0 Å². The quantitative estimate of drug-likeness (QED) is 0.144. The minimum Gasteiger partial charge on any atom is -0.355 e. The molecule has 15 nitrogen and oxygen atoms in total. The number of rotatable bonds is 13. The smallest absolute Gasteiger partial charge is 0.274 e. The molecule has 4 aromatic rings. The van der Waals surface area contributed by atoms with Gasteiger partial charge in [0, 0.05) is 59.5 Å². The van der Waals surface area contributed by atoms with E-state index in [2.05, 4.69) is 30.2 Å². The summed E-state index contributed by atoms with van der Waals surface area (Å²) in [5, 5.41) is 2.47. The van der Waals surface area contributed by atoms with Gasteiger partial charge in [0.15, 0.2) is 0 Å². The van der Waals surface area contributed by atoms with Gasteiger partial charge >= 0.3 is 0 Å². The van der Waals surface area contributed by atoms with Crippen LogP contribution in [-0.2, 0) is 4.79 Å². The van der Waals surface area contributed by atoms with Crippen molar-refractivity contribution >= 4 is 52.8 Å². The number of nitrogens with one attached hydrogen (secondary N) is 5. The van der Waals surface area contributed by atoms with Crippen LogP contribution in [0.3, 0.4) is 0 Å². The van der Waals surface area contributed by atoms with Crippen molar-refractivity contribution in [3.05, 3.63) is 71.8 Å². The Balaban J connectivity index is 1.38. The van der Waals surface area contributed by atoms with E-state index in [-0.39, 0.29) is 34.8 Å². The average Bonchev–Trinajstić information content (AvgIpc) is 3.85. The van der Waals surface area contributed by atoms with Gasteiger partial charge in [-0.1, -0.05) is 0 Å². The van der Waals surface area contributed by atoms with Crippen LogP contribution >= 0.6 is 0 Å². The third kappa shape index (κ3) is 7.33. The lowest BCUT2D eigenvalue weighted by Gasteiger charge is -2.18. The summed E-state index contributed by atoms with van der Waals surface area (Å²) in [7, 11) is 10.4. The SMILES string of the molecule is CN(C)CCCN(C)C(=O)c1cc(N(C)C(=O)c2cc(N(C)C(=O)c3cc(N(C)C(=O)c4cc(NC=O)c[nH]4)c[nH]3)c[nH]2)c[nH]1. The Hall–Kier alpha value is -5.57. The van der Waals surface area contributed by atoms with Crippen LogP contribution in [0.4, 0.5) is 22.7 Å². The first-order valence-electron chi connectivity index (χ1n) is 14.1. The van der Waals surface area contributed by atoms with E-state index in [4.69, 9.17) is 0 Å². The molecule has 0 fully saturated rings. The second-order valence-electron chi connectivity index (χ2n) is 10.9. The van der Waals surface area contributed by atoms with E-state index >= 15 is 0 Å². The van der Waals surface area contributed by atoms with Gasteiger partial charge in [0.1, 0.15) is 22.8 Å². The maximum atomic E-state index is 13.2. The van der Waals surface area contributed by atoms with Crippen LogP contribution < -0.4 is 20.0 Å². The molecule has 0 saturated heterocycles. The molecular weight excluding hydrogens is 580 g/mol. The zero-order valence-electron chi connectivity index (χ0n) is 26.1. The van der Waals surface area contributed by atoms with E-state index in [9.17, 15) is 24.0 Å². The van der Waals surface area contributed by atoms with E-state index in [1.54, 1.807) is 63.7 Å². The van der Waals surface area contributed by atoms with E-state index < -0.39 is 5.91 Å². The summed E-state index contributed by atoms with van der Waals surface area (Å²) >= 11 is 0. The van der Waals surface area contributed by atoms with Crippen molar-refractivity contribution in [2.24, 2.45) is 0 Å². The van der Waals surface area contributed by atoms with Crippen molar-refractivity contribution in [2.75, 3.05) is 75.4 Å². The summed E-state index contributed by atoms with van der Waals surface area (Å²) in [6.45, 7) is 1.47. The van der Waals surface area contributed by atoms with Gasteiger partial charge in [-0.15, -0.1) is 0 Å². The maximum absolute atomic E-state index is 13.2. The van der Waals surface area contributed by atoms with Crippen molar-refractivity contribution in [3.8, 4) is 0 Å². The predicted molar refractivity (Wildman–Crippen MR) is 171 cm³/mol. The molecule has 0 atom stereocenters. The standard InChI is InChI=1S/C30H38N10O5/c1-36(2)8-7-9-37(3)27(42)24-11-20(15-32-24)39(5)29(44)26-13-22(17-34-26)40(6)30(45)25-12-21(16-33-25)38(4)28(43)23-10-19(14-31-23)35-18-41/h10-18,31-34H,7-9H2,1-6H3,(H,35,41). The monoisotopic (exact) mass is 618 g/mol. The molecule has 0 aliphatic heterocycles. The molecule has 4 heterocycles. The molecule has 0 saturated carbocycles. The van der Waals surface area contributed by atoms with Crippen LogP contribution in [0.25, 0.3) is 0 Å². The van der Waals surface area contributed by atoms with Crippen LogP contribution in [0.2, 0.25) is 0 Å². The fourth-order valence-electron chi connectivity index (χ4n) is 4.59. The highest BCUT2D eigenvalue weighted by molar-refractivity contribution is 6.10. The number of hydrogen-bond acceptors (Lipinski definition) is 6. The lowest BCUT2D eigenvalue weighted by Crippen LogP contribution is -2.30.